The maximum atomic E-state index is 11.4. The van der Waals surface area contributed by atoms with Crippen LogP contribution in [-0.2, 0) is 7.05 Å². The van der Waals surface area contributed by atoms with E-state index >= 15 is 0 Å². The average molecular weight is 254 g/mol. The van der Waals surface area contributed by atoms with Crippen molar-refractivity contribution >= 4 is 5.69 Å². The lowest BCUT2D eigenvalue weighted by Crippen LogP contribution is -2.18. The summed E-state index contributed by atoms with van der Waals surface area (Å²) < 4.78 is 1.61. The summed E-state index contributed by atoms with van der Waals surface area (Å²) in [4.78, 5) is 11.4. The lowest BCUT2D eigenvalue weighted by Gasteiger charge is -2.20. The van der Waals surface area contributed by atoms with Gasteiger partial charge in [0.05, 0.1) is 11.7 Å². The number of anilines is 1. The molecule has 1 heterocycles. The SMILES string of the molecule is Cn1cc(NC(c2ccccc2)C2CC2)ccc1=O. The predicted octanol–water partition coefficient (Wildman–Crippen LogP) is 2.95. The van der Waals surface area contributed by atoms with Gasteiger partial charge < -0.3 is 9.88 Å². The monoisotopic (exact) mass is 254 g/mol. The van der Waals surface area contributed by atoms with Gasteiger partial charge >= 0.3 is 0 Å². The van der Waals surface area contributed by atoms with Crippen molar-refractivity contribution in [2.24, 2.45) is 13.0 Å². The molecule has 3 heteroatoms. The lowest BCUT2D eigenvalue weighted by atomic mass is 10.0. The van der Waals surface area contributed by atoms with E-state index in [1.54, 1.807) is 17.7 Å². The molecule has 3 nitrogen and oxygen atoms in total. The summed E-state index contributed by atoms with van der Waals surface area (Å²) >= 11 is 0. The summed E-state index contributed by atoms with van der Waals surface area (Å²) in [5, 5.41) is 3.57. The summed E-state index contributed by atoms with van der Waals surface area (Å²) in [6.45, 7) is 0. The Morgan fingerprint density at radius 3 is 2.53 bits per heavy atom. The van der Waals surface area contributed by atoms with Crippen LogP contribution in [0, 0.1) is 5.92 Å². The molecule has 1 N–H and O–H groups in total. The number of hydrogen-bond donors (Lipinski definition) is 1. The molecule has 1 aromatic heterocycles. The van der Waals surface area contributed by atoms with Crippen molar-refractivity contribution in [3.63, 3.8) is 0 Å². The largest absolute Gasteiger partial charge is 0.377 e. The molecule has 1 unspecified atom stereocenters. The molecule has 3 rings (SSSR count). The standard InChI is InChI=1S/C16H18N2O/c1-18-11-14(9-10-15(18)19)17-16(13-7-8-13)12-5-3-2-4-6-12/h2-6,9-11,13,16-17H,7-8H2,1H3. The van der Waals surface area contributed by atoms with E-state index < -0.39 is 0 Å². The first-order valence-corrected chi connectivity index (χ1v) is 6.72. The highest BCUT2D eigenvalue weighted by atomic mass is 16.1. The fraction of sp³-hybridized carbons (Fsp3) is 0.312. The van der Waals surface area contributed by atoms with E-state index in [4.69, 9.17) is 0 Å². The second kappa shape index (κ2) is 4.92. The summed E-state index contributed by atoms with van der Waals surface area (Å²) in [5.74, 6) is 0.708. The Hall–Kier alpha value is -2.03. The maximum absolute atomic E-state index is 11.4. The van der Waals surface area contributed by atoms with Gasteiger partial charge in [-0.05, 0) is 30.4 Å². The zero-order valence-electron chi connectivity index (χ0n) is 11.0. The normalized spacial score (nSPS) is 16.1. The molecule has 0 bridgehead atoms. The first-order valence-electron chi connectivity index (χ1n) is 6.72. The lowest BCUT2D eigenvalue weighted by molar-refractivity contribution is 0.677. The van der Waals surface area contributed by atoms with Crippen LogP contribution in [0.15, 0.2) is 53.5 Å². The van der Waals surface area contributed by atoms with Gasteiger partial charge in [0.25, 0.3) is 0 Å². The minimum absolute atomic E-state index is 0.0215. The third kappa shape index (κ3) is 2.70. The second-order valence-electron chi connectivity index (χ2n) is 5.24. The average Bonchev–Trinajstić information content (AvgIpc) is 3.25. The van der Waals surface area contributed by atoms with Gasteiger partial charge in [-0.3, -0.25) is 4.79 Å². The second-order valence-corrected chi connectivity index (χ2v) is 5.24. The summed E-state index contributed by atoms with van der Waals surface area (Å²) in [5.41, 5.74) is 2.34. The van der Waals surface area contributed by atoms with Gasteiger partial charge in [0, 0.05) is 19.3 Å². The molecular weight excluding hydrogens is 236 g/mol. The molecule has 1 aromatic carbocycles. The Bertz CT molecular complexity index is 614. The molecule has 98 valence electrons. The Morgan fingerprint density at radius 2 is 1.89 bits per heavy atom. The molecular formula is C16H18N2O. The fourth-order valence-corrected chi connectivity index (χ4v) is 2.42. The highest BCUT2D eigenvalue weighted by molar-refractivity contribution is 5.44. The number of rotatable bonds is 4. The van der Waals surface area contributed by atoms with Crippen molar-refractivity contribution in [3.8, 4) is 0 Å². The van der Waals surface area contributed by atoms with Gasteiger partial charge in [0.1, 0.15) is 0 Å². The van der Waals surface area contributed by atoms with Crippen molar-refractivity contribution in [2.75, 3.05) is 5.32 Å². The number of pyridine rings is 1. The van der Waals surface area contributed by atoms with Gasteiger partial charge in [-0.2, -0.15) is 0 Å². The molecule has 1 aliphatic rings. The van der Waals surface area contributed by atoms with E-state index in [0.717, 1.165) is 5.69 Å². The highest BCUT2D eigenvalue weighted by Crippen LogP contribution is 2.42. The molecule has 0 aliphatic heterocycles. The third-order valence-corrected chi connectivity index (χ3v) is 3.66. The number of aromatic nitrogens is 1. The van der Waals surface area contributed by atoms with Gasteiger partial charge in [-0.1, -0.05) is 30.3 Å². The highest BCUT2D eigenvalue weighted by Gasteiger charge is 2.32. The van der Waals surface area contributed by atoms with Crippen LogP contribution in [0.25, 0.3) is 0 Å². The van der Waals surface area contributed by atoms with Crippen molar-refractivity contribution in [1.29, 1.82) is 0 Å². The number of nitrogens with one attached hydrogen (secondary N) is 1. The number of nitrogens with zero attached hydrogens (tertiary/aromatic N) is 1. The molecule has 0 amide bonds. The number of benzene rings is 1. The molecule has 2 aromatic rings. The minimum atomic E-state index is 0.0215. The van der Waals surface area contributed by atoms with E-state index in [1.807, 2.05) is 18.3 Å². The van der Waals surface area contributed by atoms with Crippen molar-refractivity contribution < 1.29 is 0 Å². The van der Waals surface area contributed by atoms with Gasteiger partial charge in [-0.25, -0.2) is 0 Å². The number of aryl methyl sites for hydroxylation is 1. The van der Waals surface area contributed by atoms with Crippen LogP contribution < -0.4 is 10.9 Å². The first-order chi connectivity index (χ1) is 9.24. The predicted molar refractivity (Wildman–Crippen MR) is 77.2 cm³/mol. The smallest absolute Gasteiger partial charge is 0.250 e. The van der Waals surface area contributed by atoms with E-state index in [0.29, 0.717) is 12.0 Å². The molecule has 19 heavy (non-hydrogen) atoms. The summed E-state index contributed by atoms with van der Waals surface area (Å²) in [6, 6.07) is 14.3. The van der Waals surface area contributed by atoms with E-state index in [9.17, 15) is 4.79 Å². The van der Waals surface area contributed by atoms with Crippen LogP contribution in [0.5, 0.6) is 0 Å². The zero-order valence-corrected chi connectivity index (χ0v) is 11.0. The topological polar surface area (TPSA) is 34.0 Å². The Kier molecular flexibility index (Phi) is 3.11. The Balaban J connectivity index is 1.86. The summed E-state index contributed by atoms with van der Waals surface area (Å²) in [6.07, 6.45) is 4.41. The van der Waals surface area contributed by atoms with Gasteiger partial charge in [0.15, 0.2) is 0 Å². The Morgan fingerprint density at radius 1 is 1.16 bits per heavy atom. The van der Waals surface area contributed by atoms with Crippen LogP contribution in [0.2, 0.25) is 0 Å². The van der Waals surface area contributed by atoms with Crippen LogP contribution in [0.3, 0.4) is 0 Å². The van der Waals surface area contributed by atoms with Crippen LogP contribution in [0.4, 0.5) is 5.69 Å². The number of hydrogen-bond acceptors (Lipinski definition) is 2. The van der Waals surface area contributed by atoms with Crippen molar-refractivity contribution in [2.45, 2.75) is 18.9 Å². The van der Waals surface area contributed by atoms with Gasteiger partial charge in [-0.15, -0.1) is 0 Å². The molecule has 1 atom stereocenters. The molecule has 0 saturated heterocycles. The van der Waals surface area contributed by atoms with Crippen molar-refractivity contribution in [3.05, 3.63) is 64.6 Å². The minimum Gasteiger partial charge on any atom is -0.377 e. The van der Waals surface area contributed by atoms with E-state index in [2.05, 4.69) is 29.6 Å². The zero-order chi connectivity index (χ0) is 13.2. The quantitative estimate of drug-likeness (QED) is 0.910. The first kappa shape index (κ1) is 12.0. The molecule has 1 saturated carbocycles. The van der Waals surface area contributed by atoms with E-state index in [1.165, 1.54) is 18.4 Å². The van der Waals surface area contributed by atoms with Crippen molar-refractivity contribution in [1.82, 2.24) is 4.57 Å². The molecule has 0 radical (unpaired) electrons. The fourth-order valence-electron chi connectivity index (χ4n) is 2.42. The van der Waals surface area contributed by atoms with Crippen LogP contribution in [-0.4, -0.2) is 4.57 Å². The summed E-state index contributed by atoms with van der Waals surface area (Å²) in [7, 11) is 1.78. The molecule has 1 fully saturated rings. The van der Waals surface area contributed by atoms with E-state index in [-0.39, 0.29) is 5.56 Å². The molecule has 1 aliphatic carbocycles. The van der Waals surface area contributed by atoms with Crippen LogP contribution >= 0.6 is 0 Å². The Labute approximate surface area is 112 Å². The third-order valence-electron chi connectivity index (χ3n) is 3.66. The van der Waals surface area contributed by atoms with Crippen LogP contribution in [0.1, 0.15) is 24.4 Å². The maximum Gasteiger partial charge on any atom is 0.250 e. The molecule has 0 spiro atoms. The van der Waals surface area contributed by atoms with Gasteiger partial charge in [0.2, 0.25) is 5.56 Å².